The molecule has 8 nitrogen and oxygen atoms in total. The van der Waals surface area contributed by atoms with Gasteiger partial charge in [-0.15, -0.1) is 0 Å². The van der Waals surface area contributed by atoms with E-state index in [4.69, 9.17) is 14.2 Å². The number of fused-ring (bicyclic) bond motifs is 2. The molecular formula is C23H28N4O4. The topological polar surface area (TPSA) is 84.4 Å². The number of hydrogen-bond acceptors (Lipinski definition) is 5. The van der Waals surface area contributed by atoms with E-state index in [2.05, 4.69) is 15.6 Å². The molecule has 0 spiro atoms. The van der Waals surface area contributed by atoms with Crippen molar-refractivity contribution in [3.63, 3.8) is 0 Å². The van der Waals surface area contributed by atoms with E-state index in [1.165, 1.54) is 0 Å². The molecule has 1 amide bonds. The Labute approximate surface area is 182 Å². The number of carbonyl (C=O) groups is 1. The van der Waals surface area contributed by atoms with Gasteiger partial charge >= 0.3 is 0 Å². The number of aliphatic imine (C=N–C) groups is 1. The lowest BCUT2D eigenvalue weighted by Crippen LogP contribution is -2.39. The molecule has 2 aliphatic rings. The van der Waals surface area contributed by atoms with Crippen LogP contribution in [0.2, 0.25) is 0 Å². The summed E-state index contributed by atoms with van der Waals surface area (Å²) in [7, 11) is 0. The number of guanidine groups is 1. The number of para-hydroxylation sites is 2. The summed E-state index contributed by atoms with van der Waals surface area (Å²) in [6.45, 7) is 5.32. The molecule has 31 heavy (non-hydrogen) atoms. The Balaban J connectivity index is 1.36. The second-order valence-electron chi connectivity index (χ2n) is 7.25. The lowest BCUT2D eigenvalue weighted by Gasteiger charge is -2.29. The van der Waals surface area contributed by atoms with Gasteiger partial charge in [0.05, 0.1) is 18.9 Å². The van der Waals surface area contributed by atoms with Gasteiger partial charge in [-0.3, -0.25) is 9.79 Å². The molecule has 2 aromatic rings. The minimum atomic E-state index is -0.0279. The molecule has 0 bridgehead atoms. The van der Waals surface area contributed by atoms with E-state index in [0.29, 0.717) is 32.3 Å². The average molecular weight is 425 g/mol. The number of benzene rings is 2. The Morgan fingerprint density at radius 2 is 1.90 bits per heavy atom. The second kappa shape index (κ2) is 10.1. The van der Waals surface area contributed by atoms with Gasteiger partial charge in [0.1, 0.15) is 5.75 Å². The maximum absolute atomic E-state index is 12.3. The number of carbonyl (C=O) groups excluding carboxylic acids is 1. The molecule has 2 aliphatic heterocycles. The molecule has 4 rings (SSSR count). The van der Waals surface area contributed by atoms with Crippen LogP contribution in [0.1, 0.15) is 19.8 Å². The van der Waals surface area contributed by atoms with Gasteiger partial charge < -0.3 is 29.7 Å². The first-order valence-electron chi connectivity index (χ1n) is 10.7. The molecular weight excluding hydrogens is 396 g/mol. The fraction of sp³-hybridized carbons (Fsp3) is 0.391. The average Bonchev–Trinajstić information content (AvgIpc) is 3.03. The molecule has 0 saturated carbocycles. The van der Waals surface area contributed by atoms with Crippen LogP contribution in [0.5, 0.6) is 17.2 Å². The molecule has 2 aromatic carbocycles. The number of hydrogen-bond donors (Lipinski definition) is 2. The summed E-state index contributed by atoms with van der Waals surface area (Å²) in [5.41, 5.74) is 1.70. The fourth-order valence-electron chi connectivity index (χ4n) is 3.50. The van der Waals surface area contributed by atoms with E-state index in [-0.39, 0.29) is 12.5 Å². The maximum Gasteiger partial charge on any atom is 0.265 e. The maximum atomic E-state index is 12.3. The van der Waals surface area contributed by atoms with Crippen molar-refractivity contribution in [1.82, 2.24) is 5.32 Å². The van der Waals surface area contributed by atoms with Gasteiger partial charge in [-0.2, -0.15) is 0 Å². The molecule has 0 saturated heterocycles. The lowest BCUT2D eigenvalue weighted by molar-refractivity contribution is -0.121. The van der Waals surface area contributed by atoms with E-state index in [1.807, 2.05) is 49.4 Å². The molecule has 0 unspecified atom stereocenters. The summed E-state index contributed by atoms with van der Waals surface area (Å²) in [5, 5.41) is 6.57. The van der Waals surface area contributed by atoms with Crippen LogP contribution in [-0.2, 0) is 4.79 Å². The van der Waals surface area contributed by atoms with Crippen molar-refractivity contribution in [3.8, 4) is 17.2 Å². The van der Waals surface area contributed by atoms with Crippen molar-refractivity contribution in [1.29, 1.82) is 0 Å². The van der Waals surface area contributed by atoms with Crippen molar-refractivity contribution in [2.24, 2.45) is 4.99 Å². The van der Waals surface area contributed by atoms with Gasteiger partial charge in [0.15, 0.2) is 24.1 Å². The van der Waals surface area contributed by atoms with Gasteiger partial charge in [-0.25, -0.2) is 0 Å². The van der Waals surface area contributed by atoms with E-state index < -0.39 is 0 Å². The Bertz CT molecular complexity index is 947. The van der Waals surface area contributed by atoms with E-state index in [9.17, 15) is 4.79 Å². The molecule has 0 radical (unpaired) electrons. The summed E-state index contributed by atoms with van der Waals surface area (Å²) in [6.07, 6.45) is 1.61. The Morgan fingerprint density at radius 1 is 1.06 bits per heavy atom. The number of ether oxygens (including phenoxy) is 3. The third-order valence-electron chi connectivity index (χ3n) is 4.97. The number of nitrogens with one attached hydrogen (secondary N) is 2. The number of amides is 1. The van der Waals surface area contributed by atoms with Crippen LogP contribution in [0.15, 0.2) is 47.5 Å². The zero-order chi connectivity index (χ0) is 21.5. The molecule has 2 heterocycles. The van der Waals surface area contributed by atoms with Crippen molar-refractivity contribution >= 4 is 23.2 Å². The van der Waals surface area contributed by atoms with Gasteiger partial charge in [0.2, 0.25) is 0 Å². The minimum Gasteiger partial charge on any atom is -0.490 e. The van der Waals surface area contributed by atoms with Crippen LogP contribution in [0.25, 0.3) is 0 Å². The monoisotopic (exact) mass is 424 g/mol. The number of rotatable bonds is 6. The molecule has 0 aliphatic carbocycles. The van der Waals surface area contributed by atoms with Gasteiger partial charge in [0.25, 0.3) is 5.91 Å². The first-order valence-corrected chi connectivity index (χ1v) is 10.7. The van der Waals surface area contributed by atoms with Crippen molar-refractivity contribution in [3.05, 3.63) is 42.5 Å². The molecule has 0 fully saturated rings. The number of anilines is 2. The summed E-state index contributed by atoms with van der Waals surface area (Å²) in [4.78, 5) is 18.7. The van der Waals surface area contributed by atoms with Crippen LogP contribution >= 0.6 is 0 Å². The molecule has 0 aromatic heterocycles. The standard InChI is InChI=1S/C23H28N4O4/c1-2-24-23(26-17-9-10-20-21(15-17)30-14-6-13-29-20)25-11-5-12-27-18-7-3-4-8-19(18)31-16-22(27)28/h3-4,7-10,15H,2,5-6,11-14,16H2,1H3,(H2,24,25,26). The third-order valence-corrected chi connectivity index (χ3v) is 4.97. The highest BCUT2D eigenvalue weighted by molar-refractivity contribution is 5.97. The highest BCUT2D eigenvalue weighted by atomic mass is 16.5. The predicted octanol–water partition coefficient (Wildman–Crippen LogP) is 3.04. The quantitative estimate of drug-likeness (QED) is 0.421. The van der Waals surface area contributed by atoms with Crippen LogP contribution in [0.4, 0.5) is 11.4 Å². The Kier molecular flexibility index (Phi) is 6.76. The van der Waals surface area contributed by atoms with Gasteiger partial charge in [0, 0.05) is 37.8 Å². The van der Waals surface area contributed by atoms with Crippen molar-refractivity contribution in [2.75, 3.05) is 49.7 Å². The largest absolute Gasteiger partial charge is 0.490 e. The highest BCUT2D eigenvalue weighted by Crippen LogP contribution is 2.32. The van der Waals surface area contributed by atoms with E-state index in [1.54, 1.807) is 4.90 Å². The van der Waals surface area contributed by atoms with Crippen molar-refractivity contribution in [2.45, 2.75) is 19.8 Å². The fourth-order valence-corrected chi connectivity index (χ4v) is 3.50. The third kappa shape index (κ3) is 5.20. The van der Waals surface area contributed by atoms with Crippen molar-refractivity contribution < 1.29 is 19.0 Å². The molecule has 0 atom stereocenters. The normalized spacial score (nSPS) is 15.6. The zero-order valence-electron chi connectivity index (χ0n) is 17.7. The van der Waals surface area contributed by atoms with Gasteiger partial charge in [-0.05, 0) is 37.6 Å². The minimum absolute atomic E-state index is 0.0279. The SMILES string of the molecule is CCNC(=NCCCN1C(=O)COc2ccccc21)Nc1ccc2c(c1)OCCCO2. The smallest absolute Gasteiger partial charge is 0.265 e. The molecule has 8 heteroatoms. The zero-order valence-corrected chi connectivity index (χ0v) is 17.7. The first-order chi connectivity index (χ1) is 15.2. The molecule has 164 valence electrons. The van der Waals surface area contributed by atoms with E-state index in [0.717, 1.165) is 48.0 Å². The summed E-state index contributed by atoms with van der Waals surface area (Å²) >= 11 is 0. The lowest BCUT2D eigenvalue weighted by atomic mass is 10.2. The predicted molar refractivity (Wildman–Crippen MR) is 121 cm³/mol. The first kappa shape index (κ1) is 20.8. The van der Waals surface area contributed by atoms with Crippen LogP contribution < -0.4 is 29.7 Å². The highest BCUT2D eigenvalue weighted by Gasteiger charge is 2.24. The van der Waals surface area contributed by atoms with Crippen LogP contribution in [0, 0.1) is 0 Å². The number of nitrogens with zero attached hydrogens (tertiary/aromatic N) is 2. The van der Waals surface area contributed by atoms with E-state index >= 15 is 0 Å². The van der Waals surface area contributed by atoms with Crippen LogP contribution in [-0.4, -0.2) is 51.3 Å². The second-order valence-corrected chi connectivity index (χ2v) is 7.25. The summed E-state index contributed by atoms with van der Waals surface area (Å²) < 4.78 is 16.9. The van der Waals surface area contributed by atoms with Gasteiger partial charge in [-0.1, -0.05) is 12.1 Å². The van der Waals surface area contributed by atoms with Crippen LogP contribution in [0.3, 0.4) is 0 Å². The summed E-state index contributed by atoms with van der Waals surface area (Å²) in [5.74, 6) is 2.91. The Morgan fingerprint density at radius 3 is 2.77 bits per heavy atom. The Hall–Kier alpha value is -3.42. The summed E-state index contributed by atoms with van der Waals surface area (Å²) in [6, 6.07) is 13.4. The molecule has 2 N–H and O–H groups in total.